The largest absolute Gasteiger partial charge is 0.493 e. The Morgan fingerprint density at radius 1 is 1.16 bits per heavy atom. The molecule has 1 aromatic heterocycles. The van der Waals surface area contributed by atoms with Crippen molar-refractivity contribution in [2.45, 2.75) is 39.2 Å². The van der Waals surface area contributed by atoms with Crippen LogP contribution in [0.5, 0.6) is 17.2 Å². The average molecular weight is 421 g/mol. The standard InChI is InChI=1S/C25H28N2O4/c1-16-6-4-7-18(10-16)19-8-5-9-27(13-19)14-21-17(2)31-25(26-21)20-11-22(28-3)24-23(12-20)29-15-30-24/h4,6-7,10-12,19H,5,8-9,13-15H2,1-3H3/t19-/m0/s1. The van der Waals surface area contributed by atoms with E-state index in [2.05, 4.69) is 36.1 Å². The van der Waals surface area contributed by atoms with Crippen molar-refractivity contribution in [2.24, 2.45) is 0 Å². The fourth-order valence-electron chi connectivity index (χ4n) is 4.56. The Morgan fingerprint density at radius 2 is 2.06 bits per heavy atom. The van der Waals surface area contributed by atoms with E-state index < -0.39 is 0 Å². The van der Waals surface area contributed by atoms with E-state index in [1.165, 1.54) is 24.0 Å². The first kappa shape index (κ1) is 19.9. The van der Waals surface area contributed by atoms with Crippen molar-refractivity contribution in [1.29, 1.82) is 0 Å². The molecule has 2 aromatic carbocycles. The summed E-state index contributed by atoms with van der Waals surface area (Å²) in [5.41, 5.74) is 4.57. The highest BCUT2D eigenvalue weighted by atomic mass is 16.7. The van der Waals surface area contributed by atoms with Gasteiger partial charge in [-0.1, -0.05) is 29.8 Å². The van der Waals surface area contributed by atoms with E-state index in [1.807, 2.05) is 19.1 Å². The minimum atomic E-state index is 0.197. The molecule has 1 saturated heterocycles. The number of aromatic nitrogens is 1. The number of hydrogen-bond acceptors (Lipinski definition) is 6. The minimum absolute atomic E-state index is 0.197. The number of methoxy groups -OCH3 is 1. The normalized spacial score (nSPS) is 18.4. The zero-order valence-electron chi connectivity index (χ0n) is 18.3. The molecular formula is C25H28N2O4. The predicted molar refractivity (Wildman–Crippen MR) is 118 cm³/mol. The third kappa shape index (κ3) is 4.00. The second-order valence-corrected chi connectivity index (χ2v) is 8.42. The Bertz CT molecular complexity index is 1090. The SMILES string of the molecule is COc1cc(-c2nc(CN3CCC[C@H](c4cccc(C)c4)C3)c(C)o2)cc2c1OCO2. The number of hydrogen-bond donors (Lipinski definition) is 0. The van der Waals surface area contributed by atoms with Crippen LogP contribution in [0.1, 0.15) is 41.3 Å². The molecule has 0 radical (unpaired) electrons. The molecule has 3 heterocycles. The number of fused-ring (bicyclic) bond motifs is 1. The second kappa shape index (κ2) is 8.27. The van der Waals surface area contributed by atoms with Gasteiger partial charge in [0.1, 0.15) is 5.76 Å². The summed E-state index contributed by atoms with van der Waals surface area (Å²) in [5, 5.41) is 0. The molecule has 1 fully saturated rings. The number of rotatable bonds is 5. The smallest absolute Gasteiger partial charge is 0.231 e. The van der Waals surface area contributed by atoms with Crippen molar-refractivity contribution in [3.05, 3.63) is 59.0 Å². The molecule has 0 amide bonds. The van der Waals surface area contributed by atoms with Crippen LogP contribution in [0.4, 0.5) is 0 Å². The number of benzene rings is 2. The van der Waals surface area contributed by atoms with Crippen LogP contribution in [0.3, 0.4) is 0 Å². The lowest BCUT2D eigenvalue weighted by molar-refractivity contribution is 0.171. The van der Waals surface area contributed by atoms with Gasteiger partial charge in [-0.3, -0.25) is 4.90 Å². The number of ether oxygens (including phenoxy) is 3. The number of oxazole rings is 1. The highest BCUT2D eigenvalue weighted by Crippen LogP contribution is 2.44. The summed E-state index contributed by atoms with van der Waals surface area (Å²) in [5.74, 6) is 3.91. The van der Waals surface area contributed by atoms with E-state index in [-0.39, 0.29) is 6.79 Å². The molecule has 0 saturated carbocycles. The molecule has 162 valence electrons. The van der Waals surface area contributed by atoms with Crippen LogP contribution < -0.4 is 14.2 Å². The van der Waals surface area contributed by atoms with Crippen molar-refractivity contribution < 1.29 is 18.6 Å². The Labute approximate surface area is 182 Å². The molecule has 6 heteroatoms. The van der Waals surface area contributed by atoms with Crippen LogP contribution in [-0.4, -0.2) is 36.9 Å². The molecule has 2 aliphatic heterocycles. The number of likely N-dealkylation sites (tertiary alicyclic amines) is 1. The van der Waals surface area contributed by atoms with Gasteiger partial charge < -0.3 is 18.6 Å². The van der Waals surface area contributed by atoms with Crippen LogP contribution >= 0.6 is 0 Å². The van der Waals surface area contributed by atoms with Crippen molar-refractivity contribution in [3.63, 3.8) is 0 Å². The van der Waals surface area contributed by atoms with Gasteiger partial charge >= 0.3 is 0 Å². The van der Waals surface area contributed by atoms with Crippen LogP contribution in [-0.2, 0) is 6.54 Å². The molecule has 0 bridgehead atoms. The molecule has 0 spiro atoms. The molecule has 0 N–H and O–H groups in total. The fourth-order valence-corrected chi connectivity index (χ4v) is 4.56. The molecule has 6 nitrogen and oxygen atoms in total. The summed E-state index contributed by atoms with van der Waals surface area (Å²) < 4.78 is 22.5. The van der Waals surface area contributed by atoms with Crippen molar-refractivity contribution in [2.75, 3.05) is 27.0 Å². The summed E-state index contributed by atoms with van der Waals surface area (Å²) in [7, 11) is 1.62. The summed E-state index contributed by atoms with van der Waals surface area (Å²) in [6, 6.07) is 12.7. The van der Waals surface area contributed by atoms with E-state index in [4.69, 9.17) is 23.6 Å². The monoisotopic (exact) mass is 420 g/mol. The highest BCUT2D eigenvalue weighted by molar-refractivity contribution is 5.66. The Morgan fingerprint density at radius 3 is 2.90 bits per heavy atom. The van der Waals surface area contributed by atoms with Crippen molar-refractivity contribution >= 4 is 0 Å². The number of nitrogens with zero attached hydrogens (tertiary/aromatic N) is 2. The zero-order chi connectivity index (χ0) is 21.4. The van der Waals surface area contributed by atoms with Gasteiger partial charge in [0.2, 0.25) is 18.4 Å². The van der Waals surface area contributed by atoms with Gasteiger partial charge in [-0.05, 0) is 56.8 Å². The zero-order valence-corrected chi connectivity index (χ0v) is 18.3. The molecule has 0 unspecified atom stereocenters. The van der Waals surface area contributed by atoms with Gasteiger partial charge in [0.15, 0.2) is 11.5 Å². The van der Waals surface area contributed by atoms with E-state index in [1.54, 1.807) is 7.11 Å². The average Bonchev–Trinajstić information content (AvgIpc) is 3.40. The molecule has 3 aromatic rings. The van der Waals surface area contributed by atoms with Gasteiger partial charge in [0.25, 0.3) is 0 Å². The first-order valence-electron chi connectivity index (χ1n) is 10.8. The fraction of sp³-hybridized carbons (Fsp3) is 0.400. The third-order valence-electron chi connectivity index (χ3n) is 6.19. The van der Waals surface area contributed by atoms with Crippen LogP contribution in [0.25, 0.3) is 11.5 Å². The minimum Gasteiger partial charge on any atom is -0.493 e. The van der Waals surface area contributed by atoms with E-state index in [9.17, 15) is 0 Å². The Hall–Kier alpha value is -2.99. The lowest BCUT2D eigenvalue weighted by Gasteiger charge is -2.32. The highest BCUT2D eigenvalue weighted by Gasteiger charge is 2.25. The van der Waals surface area contributed by atoms with Gasteiger partial charge in [-0.15, -0.1) is 0 Å². The van der Waals surface area contributed by atoms with Crippen molar-refractivity contribution in [3.8, 4) is 28.7 Å². The quantitative estimate of drug-likeness (QED) is 0.574. The Kier molecular flexibility index (Phi) is 5.32. The maximum absolute atomic E-state index is 6.04. The van der Waals surface area contributed by atoms with Crippen LogP contribution in [0.15, 0.2) is 40.8 Å². The van der Waals surface area contributed by atoms with Gasteiger partial charge in [-0.2, -0.15) is 0 Å². The summed E-state index contributed by atoms with van der Waals surface area (Å²) in [6.45, 7) is 7.26. The topological polar surface area (TPSA) is 57.0 Å². The summed E-state index contributed by atoms with van der Waals surface area (Å²) in [4.78, 5) is 7.32. The Balaban J connectivity index is 1.35. The number of piperidine rings is 1. The van der Waals surface area contributed by atoms with E-state index in [0.717, 1.165) is 36.7 Å². The second-order valence-electron chi connectivity index (χ2n) is 8.42. The van der Waals surface area contributed by atoms with Crippen LogP contribution in [0, 0.1) is 13.8 Å². The molecule has 2 aliphatic rings. The van der Waals surface area contributed by atoms with Gasteiger partial charge in [0, 0.05) is 18.7 Å². The lowest BCUT2D eigenvalue weighted by Crippen LogP contribution is -2.34. The maximum atomic E-state index is 6.04. The summed E-state index contributed by atoms with van der Waals surface area (Å²) >= 11 is 0. The third-order valence-corrected chi connectivity index (χ3v) is 6.19. The number of aryl methyl sites for hydroxylation is 2. The molecule has 0 aliphatic carbocycles. The van der Waals surface area contributed by atoms with E-state index >= 15 is 0 Å². The summed E-state index contributed by atoms with van der Waals surface area (Å²) in [6.07, 6.45) is 2.43. The van der Waals surface area contributed by atoms with Gasteiger partial charge in [0.05, 0.1) is 12.8 Å². The molecule has 5 rings (SSSR count). The first-order valence-corrected chi connectivity index (χ1v) is 10.8. The van der Waals surface area contributed by atoms with Crippen molar-refractivity contribution in [1.82, 2.24) is 9.88 Å². The lowest BCUT2D eigenvalue weighted by atomic mass is 9.90. The van der Waals surface area contributed by atoms with E-state index in [0.29, 0.717) is 29.1 Å². The van der Waals surface area contributed by atoms with Crippen LogP contribution in [0.2, 0.25) is 0 Å². The predicted octanol–water partition coefficient (Wildman–Crippen LogP) is 5.08. The molecule has 1 atom stereocenters. The maximum Gasteiger partial charge on any atom is 0.231 e. The first-order chi connectivity index (χ1) is 15.1. The van der Waals surface area contributed by atoms with Gasteiger partial charge in [-0.25, -0.2) is 4.98 Å². The molecular weight excluding hydrogens is 392 g/mol. The molecule has 31 heavy (non-hydrogen) atoms.